The lowest BCUT2D eigenvalue weighted by Gasteiger charge is -2.26. The van der Waals surface area contributed by atoms with Gasteiger partial charge in [0.2, 0.25) is 17.8 Å². The number of hydrogen-bond donors (Lipinski definition) is 3. The van der Waals surface area contributed by atoms with Crippen molar-refractivity contribution in [3.05, 3.63) is 65.8 Å². The largest absolute Gasteiger partial charge is 0.340 e. The van der Waals surface area contributed by atoms with E-state index in [0.29, 0.717) is 16.8 Å². The summed E-state index contributed by atoms with van der Waals surface area (Å²) >= 11 is 0. The number of nitrogens with one attached hydrogen (secondary N) is 2. The Kier molecular flexibility index (Phi) is 7.55. The summed E-state index contributed by atoms with van der Waals surface area (Å²) in [5.74, 6) is 3.05. The van der Waals surface area contributed by atoms with Gasteiger partial charge in [0.25, 0.3) is 0 Å². The smallest absolute Gasteiger partial charge is 0.243 e. The van der Waals surface area contributed by atoms with E-state index in [1.54, 1.807) is 41.2 Å². The predicted octanol–water partition coefficient (Wildman–Crippen LogP) is 2.49. The highest BCUT2D eigenvalue weighted by Gasteiger charge is 2.41. The molecule has 0 spiro atoms. The Morgan fingerprint density at radius 3 is 2.81 bits per heavy atom. The van der Waals surface area contributed by atoms with Gasteiger partial charge in [0.05, 0.1) is 48.1 Å². The quantitative estimate of drug-likeness (QED) is 0.185. The number of fused-ring (bicyclic) bond motifs is 1. The van der Waals surface area contributed by atoms with Gasteiger partial charge < -0.3 is 25.9 Å². The Hall–Kier alpha value is -4.22. The van der Waals surface area contributed by atoms with E-state index in [-0.39, 0.29) is 36.7 Å². The van der Waals surface area contributed by atoms with Crippen molar-refractivity contribution in [2.75, 3.05) is 6.54 Å². The zero-order chi connectivity index (χ0) is 26.7. The molecule has 0 radical (unpaired) electrons. The van der Waals surface area contributed by atoms with Crippen molar-refractivity contribution in [1.82, 2.24) is 24.6 Å². The molecule has 3 aromatic rings. The standard InChI is InChI=1S/C25H28F2N8O2/c1-14(2)17-6-7-18(32-24(17)27)22(23-19-5-3-4-8-34(19)13-30-23)33-25(37)20-9-15(26)12-35(20)21(36)10-16(28)11-31-29/h3-8,11,13-15,20,22,28H,9-10,12,29H2,1-2H3,(H,33,37)/t15-,20+,22?/m1/s1. The van der Waals surface area contributed by atoms with Gasteiger partial charge >= 0.3 is 0 Å². The van der Waals surface area contributed by atoms with Gasteiger partial charge in [0.15, 0.2) is 0 Å². The maximum Gasteiger partial charge on any atom is 0.243 e. The van der Waals surface area contributed by atoms with Gasteiger partial charge in [0.1, 0.15) is 18.3 Å². The van der Waals surface area contributed by atoms with E-state index in [4.69, 9.17) is 11.3 Å². The Morgan fingerprint density at radius 1 is 1.32 bits per heavy atom. The Labute approximate surface area is 212 Å². The van der Waals surface area contributed by atoms with E-state index in [1.807, 2.05) is 19.9 Å². The molecule has 37 heavy (non-hydrogen) atoms. The first kappa shape index (κ1) is 25.9. The van der Waals surface area contributed by atoms with Crippen LogP contribution in [-0.2, 0) is 9.59 Å². The molecule has 1 unspecified atom stereocenters. The number of carbonyl (C=O) groups is 2. The normalized spacial score (nSPS) is 18.6. The summed E-state index contributed by atoms with van der Waals surface area (Å²) in [5.41, 5.74) is 1.57. The molecule has 4 rings (SSSR count). The van der Waals surface area contributed by atoms with Crippen molar-refractivity contribution in [2.24, 2.45) is 10.9 Å². The molecular weight excluding hydrogens is 482 g/mol. The summed E-state index contributed by atoms with van der Waals surface area (Å²) in [6.45, 7) is 3.41. The molecule has 0 saturated carbocycles. The lowest BCUT2D eigenvalue weighted by Crippen LogP contribution is -2.47. The summed E-state index contributed by atoms with van der Waals surface area (Å²) in [7, 11) is 0. The van der Waals surface area contributed by atoms with Gasteiger partial charge in [-0.05, 0) is 24.1 Å². The lowest BCUT2D eigenvalue weighted by atomic mass is 10.0. The number of nitrogens with zero attached hydrogens (tertiary/aromatic N) is 5. The number of carbonyl (C=O) groups excluding carboxylic acids is 2. The summed E-state index contributed by atoms with van der Waals surface area (Å²) in [6.07, 6.45) is 2.36. The zero-order valence-corrected chi connectivity index (χ0v) is 20.4. The number of imidazole rings is 1. The molecule has 1 saturated heterocycles. The summed E-state index contributed by atoms with van der Waals surface area (Å²) < 4.78 is 31.0. The van der Waals surface area contributed by atoms with E-state index < -0.39 is 36.0 Å². The average Bonchev–Trinajstić information content (AvgIpc) is 3.46. The lowest BCUT2D eigenvalue weighted by molar-refractivity contribution is -0.137. The molecule has 3 atom stereocenters. The number of pyridine rings is 2. The molecule has 0 aliphatic carbocycles. The van der Waals surface area contributed by atoms with E-state index in [1.165, 1.54) is 0 Å². The third-order valence-electron chi connectivity index (χ3n) is 6.30. The molecule has 3 aromatic heterocycles. The second kappa shape index (κ2) is 10.8. The molecule has 0 bridgehead atoms. The van der Waals surface area contributed by atoms with Gasteiger partial charge in [0, 0.05) is 18.2 Å². The number of likely N-dealkylation sites (tertiary alicyclic amines) is 1. The number of hydrazone groups is 1. The Morgan fingerprint density at radius 2 is 2.11 bits per heavy atom. The fraction of sp³-hybridized carbons (Fsp3) is 0.360. The number of hydrogen-bond acceptors (Lipinski definition) is 7. The van der Waals surface area contributed by atoms with E-state index in [2.05, 4.69) is 20.4 Å². The second-order valence-electron chi connectivity index (χ2n) is 9.21. The highest BCUT2D eigenvalue weighted by molar-refractivity contribution is 6.33. The van der Waals surface area contributed by atoms with Gasteiger partial charge in [-0.3, -0.25) is 9.59 Å². The molecule has 10 nitrogen and oxygen atoms in total. The molecular formula is C25H28F2N8O2. The van der Waals surface area contributed by atoms with Crippen LogP contribution in [0, 0.1) is 11.4 Å². The van der Waals surface area contributed by atoms with Crippen LogP contribution in [0.5, 0.6) is 0 Å². The summed E-state index contributed by atoms with van der Waals surface area (Å²) in [5, 5.41) is 13.8. The van der Waals surface area contributed by atoms with Crippen molar-refractivity contribution in [3.8, 4) is 0 Å². The number of halogens is 2. The van der Waals surface area contributed by atoms with Crippen LogP contribution in [0.1, 0.15) is 55.6 Å². The Balaban J connectivity index is 1.67. The average molecular weight is 511 g/mol. The van der Waals surface area contributed by atoms with Gasteiger partial charge in [-0.25, -0.2) is 14.4 Å². The van der Waals surface area contributed by atoms with Crippen LogP contribution in [-0.4, -0.2) is 61.8 Å². The summed E-state index contributed by atoms with van der Waals surface area (Å²) in [4.78, 5) is 35.9. The second-order valence-corrected chi connectivity index (χ2v) is 9.21. The fourth-order valence-electron chi connectivity index (χ4n) is 4.47. The topological polar surface area (TPSA) is 142 Å². The monoisotopic (exact) mass is 510 g/mol. The SMILES string of the molecule is CC(C)c1ccc(C(NC(=O)[C@@H]2C[C@@H](F)CN2C(=O)CC(=N)C=NN)c2ncn3ccccc23)nc1F. The number of rotatable bonds is 8. The van der Waals surface area contributed by atoms with E-state index in [0.717, 1.165) is 11.1 Å². The first-order chi connectivity index (χ1) is 17.7. The minimum absolute atomic E-state index is 0.0920. The third-order valence-corrected chi connectivity index (χ3v) is 6.30. The van der Waals surface area contributed by atoms with Gasteiger partial charge in [-0.15, -0.1) is 0 Å². The first-order valence-corrected chi connectivity index (χ1v) is 11.8. The van der Waals surface area contributed by atoms with Crippen LogP contribution in [0.15, 0.2) is 48.0 Å². The Bertz CT molecular complexity index is 1360. The molecule has 4 N–H and O–H groups in total. The van der Waals surface area contributed by atoms with Crippen molar-refractivity contribution >= 4 is 29.3 Å². The van der Waals surface area contributed by atoms with Crippen molar-refractivity contribution in [3.63, 3.8) is 0 Å². The molecule has 1 aliphatic heterocycles. The van der Waals surface area contributed by atoms with Crippen LogP contribution in [0.25, 0.3) is 5.52 Å². The highest BCUT2D eigenvalue weighted by Crippen LogP contribution is 2.28. The third kappa shape index (κ3) is 5.47. The molecule has 12 heteroatoms. The fourth-order valence-corrected chi connectivity index (χ4v) is 4.47. The van der Waals surface area contributed by atoms with Crippen LogP contribution in [0.3, 0.4) is 0 Å². The number of alkyl halides is 1. The molecule has 1 aliphatic rings. The minimum atomic E-state index is -1.41. The number of nitrogens with two attached hydrogens (primary N) is 1. The van der Waals surface area contributed by atoms with Crippen molar-refractivity contribution in [2.45, 2.75) is 50.9 Å². The number of amides is 2. The van der Waals surface area contributed by atoms with Crippen LogP contribution < -0.4 is 11.2 Å². The van der Waals surface area contributed by atoms with E-state index in [9.17, 15) is 18.4 Å². The highest BCUT2D eigenvalue weighted by atomic mass is 19.1. The molecule has 2 amide bonds. The maximum atomic E-state index is 14.9. The molecule has 1 fully saturated rings. The van der Waals surface area contributed by atoms with Crippen LogP contribution in [0.2, 0.25) is 0 Å². The van der Waals surface area contributed by atoms with Crippen LogP contribution in [0.4, 0.5) is 8.78 Å². The zero-order valence-electron chi connectivity index (χ0n) is 20.4. The van der Waals surface area contributed by atoms with Gasteiger partial charge in [-0.2, -0.15) is 9.49 Å². The van der Waals surface area contributed by atoms with Crippen molar-refractivity contribution in [1.29, 1.82) is 5.41 Å². The maximum absolute atomic E-state index is 14.9. The van der Waals surface area contributed by atoms with Crippen molar-refractivity contribution < 1.29 is 18.4 Å². The van der Waals surface area contributed by atoms with Gasteiger partial charge in [-0.1, -0.05) is 26.0 Å². The predicted molar refractivity (Wildman–Crippen MR) is 133 cm³/mol. The molecule has 194 valence electrons. The molecule has 4 heterocycles. The summed E-state index contributed by atoms with van der Waals surface area (Å²) in [6, 6.07) is 6.58. The van der Waals surface area contributed by atoms with Crippen LogP contribution >= 0.6 is 0 Å². The van der Waals surface area contributed by atoms with E-state index >= 15 is 0 Å². The first-order valence-electron chi connectivity index (χ1n) is 11.8. The minimum Gasteiger partial charge on any atom is -0.340 e. The molecule has 0 aromatic carbocycles. The number of aromatic nitrogens is 3.